The maximum absolute atomic E-state index is 14.6. The number of benzene rings is 3. The van der Waals surface area contributed by atoms with Crippen LogP contribution in [0.25, 0.3) is 0 Å². The smallest absolute Gasteiger partial charge is 0.243 e. The van der Waals surface area contributed by atoms with Crippen LogP contribution in [0.2, 0.25) is 0 Å². The number of hydrogen-bond acceptors (Lipinski definition) is 3. The van der Waals surface area contributed by atoms with Gasteiger partial charge in [0.25, 0.3) is 0 Å². The van der Waals surface area contributed by atoms with Gasteiger partial charge in [0, 0.05) is 30.8 Å². The fourth-order valence-electron chi connectivity index (χ4n) is 3.75. The van der Waals surface area contributed by atoms with Gasteiger partial charge < -0.3 is 10.2 Å². The number of rotatable bonds is 12. The van der Waals surface area contributed by atoms with E-state index in [-0.39, 0.29) is 29.9 Å². The highest BCUT2D eigenvalue weighted by atomic mass is 32.2. The first kappa shape index (κ1) is 26.5. The zero-order valence-electron chi connectivity index (χ0n) is 20.4. The Morgan fingerprint density at radius 1 is 0.943 bits per heavy atom. The van der Waals surface area contributed by atoms with Crippen LogP contribution in [0.15, 0.2) is 78.9 Å². The molecule has 0 heterocycles. The number of nitrogens with one attached hydrogen (secondary N) is 1. The molecule has 0 fully saturated rings. The van der Waals surface area contributed by atoms with Gasteiger partial charge in [0.15, 0.2) is 0 Å². The van der Waals surface area contributed by atoms with Crippen molar-refractivity contribution >= 4 is 23.6 Å². The summed E-state index contributed by atoms with van der Waals surface area (Å²) in [6.07, 6.45) is 1.15. The first-order chi connectivity index (χ1) is 17.0. The van der Waals surface area contributed by atoms with Gasteiger partial charge in [-0.2, -0.15) is 0 Å². The number of halogens is 1. The first-order valence-electron chi connectivity index (χ1n) is 12.0. The van der Waals surface area contributed by atoms with Crippen molar-refractivity contribution in [3.8, 4) is 0 Å². The maximum atomic E-state index is 14.6. The third-order valence-corrected chi connectivity index (χ3v) is 6.72. The van der Waals surface area contributed by atoms with Crippen LogP contribution in [0.4, 0.5) is 4.39 Å². The minimum atomic E-state index is -0.740. The van der Waals surface area contributed by atoms with E-state index < -0.39 is 6.04 Å². The minimum Gasteiger partial charge on any atom is -0.354 e. The molecule has 0 aliphatic heterocycles. The molecule has 1 atom stereocenters. The monoisotopic (exact) mass is 492 g/mol. The molecule has 0 radical (unpaired) electrons. The van der Waals surface area contributed by atoms with Gasteiger partial charge >= 0.3 is 0 Å². The zero-order valence-corrected chi connectivity index (χ0v) is 21.2. The van der Waals surface area contributed by atoms with Crippen LogP contribution in [0.3, 0.4) is 0 Å². The molecule has 35 heavy (non-hydrogen) atoms. The lowest BCUT2D eigenvalue weighted by atomic mass is 10.0. The summed E-state index contributed by atoms with van der Waals surface area (Å²) >= 11 is 1.50. The molecule has 0 aliphatic carbocycles. The summed E-state index contributed by atoms with van der Waals surface area (Å²) < 4.78 is 14.6. The van der Waals surface area contributed by atoms with Crippen LogP contribution < -0.4 is 5.32 Å². The maximum Gasteiger partial charge on any atom is 0.243 e. The van der Waals surface area contributed by atoms with E-state index in [2.05, 4.69) is 29.6 Å². The minimum absolute atomic E-state index is 0.0354. The Morgan fingerprint density at radius 2 is 1.63 bits per heavy atom. The second-order valence-electron chi connectivity index (χ2n) is 8.59. The van der Waals surface area contributed by atoms with E-state index in [0.29, 0.717) is 24.3 Å². The summed E-state index contributed by atoms with van der Waals surface area (Å²) in [6, 6.07) is 23.5. The molecule has 2 amide bonds. The molecule has 184 valence electrons. The second kappa shape index (κ2) is 13.7. The van der Waals surface area contributed by atoms with E-state index in [9.17, 15) is 14.0 Å². The number of hydrogen-bond donors (Lipinski definition) is 1. The van der Waals surface area contributed by atoms with E-state index in [1.807, 2.05) is 44.2 Å². The molecule has 6 heteroatoms. The van der Waals surface area contributed by atoms with E-state index in [1.165, 1.54) is 23.4 Å². The summed E-state index contributed by atoms with van der Waals surface area (Å²) in [7, 11) is 0. The highest BCUT2D eigenvalue weighted by Crippen LogP contribution is 2.20. The molecule has 0 aliphatic rings. The van der Waals surface area contributed by atoms with Crippen molar-refractivity contribution in [3.05, 3.63) is 107 Å². The Labute approximate surface area is 211 Å². The number of nitrogens with zero attached hydrogens (tertiary/aromatic N) is 1. The average Bonchev–Trinajstić information content (AvgIpc) is 2.87. The molecule has 0 unspecified atom stereocenters. The van der Waals surface area contributed by atoms with E-state index in [0.717, 1.165) is 17.5 Å². The number of carbonyl (C=O) groups excluding carboxylic acids is 2. The Hall–Kier alpha value is -3.12. The summed E-state index contributed by atoms with van der Waals surface area (Å²) in [5.74, 6) is 0.103. The quantitative estimate of drug-likeness (QED) is 0.362. The normalized spacial score (nSPS) is 11.6. The van der Waals surface area contributed by atoms with Crippen molar-refractivity contribution in [2.75, 3.05) is 12.3 Å². The van der Waals surface area contributed by atoms with E-state index in [4.69, 9.17) is 0 Å². The number of carbonyl (C=O) groups is 2. The predicted octanol–water partition coefficient (Wildman–Crippen LogP) is 5.53. The Balaban J connectivity index is 1.83. The standard InChI is InChI=1S/C29H33FN2O2S/c1-3-17-31-29(34)27(18-23-9-5-4-6-10-23)32(19-25-11-7-8-12-26(25)30)28(33)21-35-20-24-15-13-22(2)14-16-24/h4-16,27H,3,17-21H2,1-2H3,(H,31,34)/t27-/m0/s1. The number of thioether (sulfide) groups is 1. The molecule has 0 bridgehead atoms. The topological polar surface area (TPSA) is 49.4 Å². The summed E-state index contributed by atoms with van der Waals surface area (Å²) in [5, 5.41) is 2.94. The van der Waals surface area contributed by atoms with Gasteiger partial charge in [-0.3, -0.25) is 9.59 Å². The molecule has 0 saturated heterocycles. The van der Waals surface area contributed by atoms with Crippen molar-refractivity contribution in [2.24, 2.45) is 0 Å². The van der Waals surface area contributed by atoms with Crippen LogP contribution >= 0.6 is 11.8 Å². The highest BCUT2D eigenvalue weighted by molar-refractivity contribution is 7.99. The SMILES string of the molecule is CCCNC(=O)[C@H](Cc1ccccc1)N(Cc1ccccc1F)C(=O)CSCc1ccc(C)cc1. The molecule has 4 nitrogen and oxygen atoms in total. The van der Waals surface area contributed by atoms with Gasteiger partial charge in [-0.25, -0.2) is 4.39 Å². The molecule has 0 spiro atoms. The van der Waals surface area contributed by atoms with Crippen LogP contribution in [-0.4, -0.2) is 35.1 Å². The molecule has 3 aromatic carbocycles. The lowest BCUT2D eigenvalue weighted by Crippen LogP contribution is -2.51. The van der Waals surface area contributed by atoms with Crippen molar-refractivity contribution in [1.29, 1.82) is 0 Å². The van der Waals surface area contributed by atoms with Gasteiger partial charge in [-0.05, 0) is 30.5 Å². The molecular formula is C29H33FN2O2S. The van der Waals surface area contributed by atoms with Gasteiger partial charge in [0.05, 0.1) is 5.75 Å². The molecule has 0 saturated carbocycles. The fourth-order valence-corrected chi connectivity index (χ4v) is 4.62. The first-order valence-corrected chi connectivity index (χ1v) is 13.1. The van der Waals surface area contributed by atoms with Crippen LogP contribution in [0.5, 0.6) is 0 Å². The zero-order chi connectivity index (χ0) is 25.0. The summed E-state index contributed by atoms with van der Waals surface area (Å²) in [5.41, 5.74) is 3.66. The van der Waals surface area contributed by atoms with Crippen molar-refractivity contribution < 1.29 is 14.0 Å². The Morgan fingerprint density at radius 3 is 2.31 bits per heavy atom. The summed E-state index contributed by atoms with van der Waals surface area (Å²) in [6.45, 7) is 4.58. The van der Waals surface area contributed by atoms with Crippen LogP contribution in [-0.2, 0) is 28.3 Å². The lowest BCUT2D eigenvalue weighted by molar-refractivity contribution is -0.139. The third kappa shape index (κ3) is 8.25. The predicted molar refractivity (Wildman–Crippen MR) is 142 cm³/mol. The Bertz CT molecular complexity index is 1090. The van der Waals surface area contributed by atoms with Crippen molar-refractivity contribution in [3.63, 3.8) is 0 Å². The number of aryl methyl sites for hydroxylation is 1. The van der Waals surface area contributed by atoms with Crippen LogP contribution in [0.1, 0.15) is 35.6 Å². The highest BCUT2D eigenvalue weighted by Gasteiger charge is 2.30. The second-order valence-corrected chi connectivity index (χ2v) is 9.57. The Kier molecular flexibility index (Phi) is 10.4. The van der Waals surface area contributed by atoms with Crippen molar-refractivity contribution in [1.82, 2.24) is 10.2 Å². The van der Waals surface area contributed by atoms with Crippen molar-refractivity contribution in [2.45, 2.75) is 45.0 Å². The van der Waals surface area contributed by atoms with Gasteiger partial charge in [0.2, 0.25) is 11.8 Å². The lowest BCUT2D eigenvalue weighted by Gasteiger charge is -2.31. The fraction of sp³-hybridized carbons (Fsp3) is 0.310. The van der Waals surface area contributed by atoms with Crippen LogP contribution in [0, 0.1) is 12.7 Å². The third-order valence-electron chi connectivity index (χ3n) is 5.73. The van der Waals surface area contributed by atoms with Gasteiger partial charge in [-0.1, -0.05) is 85.3 Å². The van der Waals surface area contributed by atoms with E-state index >= 15 is 0 Å². The molecule has 3 aromatic rings. The van der Waals surface area contributed by atoms with E-state index in [1.54, 1.807) is 23.1 Å². The molecule has 1 N–H and O–H groups in total. The van der Waals surface area contributed by atoms with Gasteiger partial charge in [0.1, 0.15) is 11.9 Å². The largest absolute Gasteiger partial charge is 0.354 e. The average molecular weight is 493 g/mol. The number of amides is 2. The molecular weight excluding hydrogens is 459 g/mol. The van der Waals surface area contributed by atoms with Gasteiger partial charge in [-0.15, -0.1) is 11.8 Å². The molecule has 0 aromatic heterocycles. The summed E-state index contributed by atoms with van der Waals surface area (Å²) in [4.78, 5) is 28.3. The molecule has 3 rings (SSSR count).